The van der Waals surface area contributed by atoms with Gasteiger partial charge in [-0.25, -0.2) is 19.1 Å². The average molecular weight is 965 g/mol. The molecule has 18 heteroatoms. The number of alkyl carbamates (subject to hydrolysis) is 1. The van der Waals surface area contributed by atoms with Crippen LogP contribution in [0.15, 0.2) is 95.8 Å². The maximum Gasteiger partial charge on any atom is 0.410 e. The third-order valence-electron chi connectivity index (χ3n) is 11.8. The number of amides is 4. The Hall–Kier alpha value is -6.73. The molecule has 2 N–H and O–H groups in total. The fraction of sp³-hybridized carbons (Fsp3) is 0.423. The lowest BCUT2D eigenvalue weighted by Gasteiger charge is -2.36. The van der Waals surface area contributed by atoms with Gasteiger partial charge < -0.3 is 43.5 Å². The standard InChI is InChI=1S/C52H61FN6O11/c1-52(2,3)70-50(63)54-18-24-65-26-28-67-30-31-68-29-27-66-25-23-59(51(64)69-35-44-39-12-6-4-10-37(39)38-11-5-7-13-40(38)44)34-47(60)57-19-21-58(22-20-57)49(62)43-32-36(16-17-45(43)53)33-46-41-14-8-9-15-42(41)48(61)56-55-46/h4-17,32,44H,18-31,33-35H2,1-3H3,(H,54,63)(H,56,61). The minimum absolute atomic E-state index is 0.0667. The molecule has 1 aliphatic carbocycles. The Balaban J connectivity index is 0.872. The number of rotatable bonds is 22. The molecule has 1 saturated heterocycles. The van der Waals surface area contributed by atoms with Crippen LogP contribution in [0.4, 0.5) is 14.0 Å². The van der Waals surface area contributed by atoms with Crippen molar-refractivity contribution in [2.45, 2.75) is 38.7 Å². The predicted molar refractivity (Wildman–Crippen MR) is 258 cm³/mol. The Morgan fingerprint density at radius 3 is 1.96 bits per heavy atom. The van der Waals surface area contributed by atoms with E-state index in [2.05, 4.69) is 27.6 Å². The van der Waals surface area contributed by atoms with Crippen molar-refractivity contribution < 1.29 is 52.0 Å². The largest absolute Gasteiger partial charge is 0.448 e. The second-order valence-corrected chi connectivity index (χ2v) is 17.8. The normalized spacial score (nSPS) is 13.5. The fourth-order valence-electron chi connectivity index (χ4n) is 8.33. The van der Waals surface area contributed by atoms with Crippen LogP contribution >= 0.6 is 0 Å². The second-order valence-electron chi connectivity index (χ2n) is 17.8. The number of carbonyl (C=O) groups is 4. The first kappa shape index (κ1) is 51.1. The van der Waals surface area contributed by atoms with Gasteiger partial charge in [0.1, 0.15) is 24.6 Å². The first-order chi connectivity index (χ1) is 33.9. The zero-order valence-corrected chi connectivity index (χ0v) is 39.9. The number of hydrogen-bond acceptors (Lipinski definition) is 12. The molecule has 2 heterocycles. The molecule has 4 aromatic carbocycles. The number of benzene rings is 4. The molecular formula is C52H61FN6O11. The van der Waals surface area contributed by atoms with Crippen LogP contribution in [0.5, 0.6) is 0 Å². The summed E-state index contributed by atoms with van der Waals surface area (Å²) in [4.78, 5) is 69.8. The van der Waals surface area contributed by atoms with Crippen LogP contribution in [0.1, 0.15) is 59.4 Å². The fourth-order valence-corrected chi connectivity index (χ4v) is 8.33. The van der Waals surface area contributed by atoms with E-state index in [9.17, 15) is 24.0 Å². The highest BCUT2D eigenvalue weighted by atomic mass is 19.1. The van der Waals surface area contributed by atoms with Crippen LogP contribution in [0.2, 0.25) is 0 Å². The Labute approximate surface area is 406 Å². The summed E-state index contributed by atoms with van der Waals surface area (Å²) in [5, 5.41) is 10.5. The summed E-state index contributed by atoms with van der Waals surface area (Å²) >= 11 is 0. The molecule has 1 fully saturated rings. The zero-order valence-electron chi connectivity index (χ0n) is 39.9. The highest BCUT2D eigenvalue weighted by Gasteiger charge is 2.32. The molecule has 0 atom stereocenters. The highest BCUT2D eigenvalue weighted by Crippen LogP contribution is 2.44. The van der Waals surface area contributed by atoms with Gasteiger partial charge in [0.15, 0.2) is 0 Å². The van der Waals surface area contributed by atoms with Gasteiger partial charge in [-0.3, -0.25) is 19.3 Å². The van der Waals surface area contributed by atoms with Gasteiger partial charge in [0.05, 0.1) is 69.5 Å². The average Bonchev–Trinajstić information content (AvgIpc) is 3.68. The molecule has 2 aliphatic rings. The van der Waals surface area contributed by atoms with E-state index < -0.39 is 29.5 Å². The first-order valence-electron chi connectivity index (χ1n) is 23.6. The molecule has 0 unspecified atom stereocenters. The lowest BCUT2D eigenvalue weighted by Crippen LogP contribution is -2.53. The van der Waals surface area contributed by atoms with E-state index in [1.165, 1.54) is 21.9 Å². The van der Waals surface area contributed by atoms with Gasteiger partial charge in [0.2, 0.25) is 5.91 Å². The number of H-pyrrole nitrogens is 1. The molecule has 0 bridgehead atoms. The molecule has 372 valence electrons. The number of nitrogens with zero attached hydrogens (tertiary/aromatic N) is 4. The number of aromatic nitrogens is 2. The number of nitrogens with one attached hydrogen (secondary N) is 2. The summed E-state index contributed by atoms with van der Waals surface area (Å²) in [5.74, 6) is -1.69. The number of ether oxygens (including phenoxy) is 6. The first-order valence-corrected chi connectivity index (χ1v) is 23.6. The summed E-state index contributed by atoms with van der Waals surface area (Å²) in [6, 6.07) is 27.5. The maximum absolute atomic E-state index is 15.2. The topological polar surface area (TPSA) is 191 Å². The van der Waals surface area contributed by atoms with Gasteiger partial charge in [-0.2, -0.15) is 5.10 Å². The van der Waals surface area contributed by atoms with Crippen LogP contribution < -0.4 is 10.9 Å². The van der Waals surface area contributed by atoms with Crippen molar-refractivity contribution >= 4 is 34.8 Å². The van der Waals surface area contributed by atoms with Crippen molar-refractivity contribution in [3.05, 3.63) is 135 Å². The van der Waals surface area contributed by atoms with E-state index in [1.54, 1.807) is 49.9 Å². The van der Waals surface area contributed by atoms with Gasteiger partial charge in [-0.15, -0.1) is 0 Å². The summed E-state index contributed by atoms with van der Waals surface area (Å²) in [7, 11) is 0. The Morgan fingerprint density at radius 1 is 0.743 bits per heavy atom. The van der Waals surface area contributed by atoms with Crippen LogP contribution in [0.25, 0.3) is 21.9 Å². The van der Waals surface area contributed by atoms with E-state index in [0.29, 0.717) is 61.6 Å². The van der Waals surface area contributed by atoms with Gasteiger partial charge >= 0.3 is 12.2 Å². The smallest absolute Gasteiger partial charge is 0.410 e. The van der Waals surface area contributed by atoms with Crippen LogP contribution in [-0.2, 0) is 39.6 Å². The summed E-state index contributed by atoms with van der Waals surface area (Å²) < 4.78 is 48.8. The van der Waals surface area contributed by atoms with Crippen molar-refractivity contribution in [3.8, 4) is 11.1 Å². The second kappa shape index (κ2) is 24.7. The number of carbonyl (C=O) groups excluding carboxylic acids is 4. The van der Waals surface area contributed by atoms with Crippen LogP contribution in [0.3, 0.4) is 0 Å². The third-order valence-corrected chi connectivity index (χ3v) is 11.8. The molecule has 5 aromatic rings. The van der Waals surface area contributed by atoms with E-state index in [-0.39, 0.29) is 95.1 Å². The minimum atomic E-state index is -0.672. The number of aromatic amines is 1. The number of halogens is 1. The van der Waals surface area contributed by atoms with Crippen molar-refractivity contribution in [1.82, 2.24) is 30.2 Å². The summed E-state index contributed by atoms with van der Waals surface area (Å²) in [5.41, 5.74) is 4.55. The van der Waals surface area contributed by atoms with Crippen molar-refractivity contribution in [2.24, 2.45) is 0 Å². The lowest BCUT2D eigenvalue weighted by atomic mass is 9.98. The van der Waals surface area contributed by atoms with Crippen molar-refractivity contribution in [1.29, 1.82) is 0 Å². The molecular weight excluding hydrogens is 904 g/mol. The summed E-state index contributed by atoms with van der Waals surface area (Å²) in [6.45, 7) is 8.56. The third kappa shape index (κ3) is 14.0. The highest BCUT2D eigenvalue weighted by molar-refractivity contribution is 5.95. The Morgan fingerprint density at radius 2 is 1.31 bits per heavy atom. The number of fused-ring (bicyclic) bond motifs is 4. The quantitative estimate of drug-likeness (QED) is 0.0797. The van der Waals surface area contributed by atoms with E-state index in [0.717, 1.165) is 22.3 Å². The van der Waals surface area contributed by atoms with Gasteiger partial charge in [0, 0.05) is 57.0 Å². The minimum Gasteiger partial charge on any atom is -0.448 e. The molecule has 0 spiro atoms. The Kier molecular flexibility index (Phi) is 18.0. The lowest BCUT2D eigenvalue weighted by molar-refractivity contribution is -0.133. The van der Waals surface area contributed by atoms with E-state index >= 15 is 4.39 Å². The van der Waals surface area contributed by atoms with Crippen LogP contribution in [-0.4, -0.2) is 160 Å². The number of piperazine rings is 1. The monoisotopic (exact) mass is 964 g/mol. The van der Waals surface area contributed by atoms with Gasteiger partial charge in [0.25, 0.3) is 11.5 Å². The van der Waals surface area contributed by atoms with Gasteiger partial charge in [-0.1, -0.05) is 72.8 Å². The molecule has 17 nitrogen and oxygen atoms in total. The Bertz CT molecular complexity index is 2600. The van der Waals surface area contributed by atoms with Crippen molar-refractivity contribution in [2.75, 3.05) is 105 Å². The zero-order chi connectivity index (χ0) is 49.5. The molecule has 70 heavy (non-hydrogen) atoms. The van der Waals surface area contributed by atoms with Crippen molar-refractivity contribution in [3.63, 3.8) is 0 Å². The van der Waals surface area contributed by atoms with E-state index in [1.807, 2.05) is 42.5 Å². The van der Waals surface area contributed by atoms with E-state index in [4.69, 9.17) is 28.4 Å². The predicted octanol–water partition coefficient (Wildman–Crippen LogP) is 5.78. The molecule has 4 amide bonds. The maximum atomic E-state index is 15.2. The molecule has 0 radical (unpaired) electrons. The SMILES string of the molecule is CC(C)(C)OC(=O)NCCOCCOCCOCCOCCN(CC(=O)N1CCN(C(=O)c2cc(Cc3n[nH]c(=O)c4ccccc34)ccc2F)CC1)C(=O)OCC1c2ccccc2-c2ccccc21. The molecule has 7 rings (SSSR count). The number of hydrogen-bond donors (Lipinski definition) is 2. The van der Waals surface area contributed by atoms with Crippen LogP contribution in [0, 0.1) is 5.82 Å². The molecule has 0 saturated carbocycles. The van der Waals surface area contributed by atoms with Gasteiger partial charge in [-0.05, 0) is 66.8 Å². The summed E-state index contributed by atoms with van der Waals surface area (Å²) in [6.07, 6.45) is -0.901. The molecule has 1 aliphatic heterocycles. The molecule has 1 aromatic heterocycles.